The van der Waals surface area contributed by atoms with E-state index in [-0.39, 0.29) is 5.91 Å². The molecular weight excluding hydrogens is 314 g/mol. The summed E-state index contributed by atoms with van der Waals surface area (Å²) in [7, 11) is 1.68. The Labute approximate surface area is 149 Å². The van der Waals surface area contributed by atoms with Crippen LogP contribution in [0.15, 0.2) is 29.9 Å². The number of nitrogens with one attached hydrogen (secondary N) is 1. The van der Waals surface area contributed by atoms with Crippen LogP contribution in [0.3, 0.4) is 0 Å². The molecule has 1 fully saturated rings. The van der Waals surface area contributed by atoms with Crippen molar-refractivity contribution in [3.05, 3.63) is 41.0 Å². The van der Waals surface area contributed by atoms with Crippen molar-refractivity contribution in [3.8, 4) is 11.5 Å². The third kappa shape index (κ3) is 4.88. The molecule has 4 heteroatoms. The van der Waals surface area contributed by atoms with Gasteiger partial charge in [-0.1, -0.05) is 26.0 Å². The van der Waals surface area contributed by atoms with Gasteiger partial charge in [0.25, 0.3) is 0 Å². The van der Waals surface area contributed by atoms with Gasteiger partial charge in [-0.15, -0.1) is 0 Å². The Morgan fingerprint density at radius 1 is 1.28 bits per heavy atom. The Kier molecular flexibility index (Phi) is 5.47. The minimum Gasteiger partial charge on any atom is -0.493 e. The topological polar surface area (TPSA) is 47.6 Å². The van der Waals surface area contributed by atoms with Crippen LogP contribution in [0.2, 0.25) is 0 Å². The summed E-state index contributed by atoms with van der Waals surface area (Å²) in [5.41, 5.74) is 3.58. The number of ether oxygens (including phenoxy) is 2. The van der Waals surface area contributed by atoms with Gasteiger partial charge in [-0.05, 0) is 60.4 Å². The normalized spacial score (nSPS) is 16.6. The highest BCUT2D eigenvalue weighted by atomic mass is 16.5. The number of allylic oxidation sites excluding steroid dienone is 2. The number of methoxy groups -OCH3 is 1. The zero-order chi connectivity index (χ0) is 17.8. The largest absolute Gasteiger partial charge is 0.493 e. The molecule has 0 atom stereocenters. The fourth-order valence-corrected chi connectivity index (χ4v) is 2.81. The second-order valence-electron chi connectivity index (χ2n) is 7.21. The number of carbonyl (C=O) groups is 1. The predicted molar refractivity (Wildman–Crippen MR) is 99.9 cm³/mol. The van der Waals surface area contributed by atoms with Gasteiger partial charge in [-0.3, -0.25) is 4.79 Å². The molecule has 2 aliphatic carbocycles. The fourth-order valence-electron chi connectivity index (χ4n) is 2.81. The minimum atomic E-state index is -0.0344. The van der Waals surface area contributed by atoms with E-state index in [0.717, 1.165) is 48.3 Å². The Balaban J connectivity index is 1.73. The lowest BCUT2D eigenvalue weighted by molar-refractivity contribution is -0.116. The summed E-state index contributed by atoms with van der Waals surface area (Å²) in [5, 5.41) is 2.90. The number of hydrogen-bond acceptors (Lipinski definition) is 3. The first-order chi connectivity index (χ1) is 12.0. The van der Waals surface area contributed by atoms with E-state index in [2.05, 4.69) is 37.4 Å². The number of fused-ring (bicyclic) bond motifs is 1. The van der Waals surface area contributed by atoms with Gasteiger partial charge in [-0.2, -0.15) is 0 Å². The molecule has 0 heterocycles. The third-order valence-corrected chi connectivity index (χ3v) is 4.40. The number of aryl methyl sites for hydroxylation is 1. The van der Waals surface area contributed by atoms with Crippen LogP contribution in [-0.2, 0) is 11.2 Å². The summed E-state index contributed by atoms with van der Waals surface area (Å²) >= 11 is 0. The molecule has 134 valence electrons. The van der Waals surface area contributed by atoms with E-state index in [1.807, 2.05) is 6.08 Å². The van der Waals surface area contributed by atoms with Crippen LogP contribution >= 0.6 is 0 Å². The monoisotopic (exact) mass is 341 g/mol. The number of rotatable bonds is 7. The fraction of sp³-hybridized carbons (Fsp3) is 0.476. The molecule has 0 aromatic heterocycles. The Hall–Kier alpha value is -2.23. The maximum Gasteiger partial charge on any atom is 0.243 e. The van der Waals surface area contributed by atoms with E-state index in [0.29, 0.717) is 18.6 Å². The lowest BCUT2D eigenvalue weighted by Crippen LogP contribution is -2.25. The predicted octanol–water partition coefficient (Wildman–Crippen LogP) is 3.89. The van der Waals surface area contributed by atoms with E-state index in [4.69, 9.17) is 9.47 Å². The van der Waals surface area contributed by atoms with Gasteiger partial charge in [0.15, 0.2) is 11.5 Å². The zero-order valence-electron chi connectivity index (χ0n) is 15.3. The highest BCUT2D eigenvalue weighted by Gasteiger charge is 2.25. The first kappa shape index (κ1) is 17.6. The van der Waals surface area contributed by atoms with Gasteiger partial charge in [0.05, 0.1) is 13.2 Å². The Morgan fingerprint density at radius 3 is 2.76 bits per heavy atom. The van der Waals surface area contributed by atoms with Gasteiger partial charge < -0.3 is 14.8 Å². The summed E-state index contributed by atoms with van der Waals surface area (Å²) < 4.78 is 11.4. The van der Waals surface area contributed by atoms with Crippen LogP contribution < -0.4 is 14.8 Å². The van der Waals surface area contributed by atoms with Gasteiger partial charge in [-0.25, -0.2) is 0 Å². The van der Waals surface area contributed by atoms with Crippen molar-refractivity contribution in [1.82, 2.24) is 5.32 Å². The van der Waals surface area contributed by atoms with Crippen LogP contribution in [-0.4, -0.2) is 25.7 Å². The summed E-state index contributed by atoms with van der Waals surface area (Å²) in [4.78, 5) is 11.8. The molecule has 4 nitrogen and oxygen atoms in total. The molecule has 1 aromatic carbocycles. The van der Waals surface area contributed by atoms with E-state index in [1.165, 1.54) is 5.56 Å². The van der Waals surface area contributed by atoms with Crippen LogP contribution in [0.25, 0.3) is 6.08 Å². The van der Waals surface area contributed by atoms with Crippen molar-refractivity contribution in [3.63, 3.8) is 0 Å². The zero-order valence-corrected chi connectivity index (χ0v) is 15.3. The third-order valence-electron chi connectivity index (χ3n) is 4.40. The van der Waals surface area contributed by atoms with Gasteiger partial charge in [0.2, 0.25) is 5.91 Å². The Morgan fingerprint density at radius 2 is 2.08 bits per heavy atom. The minimum absolute atomic E-state index is 0.0344. The molecule has 0 bridgehead atoms. The molecule has 3 rings (SSSR count). The van der Waals surface area contributed by atoms with E-state index in [1.54, 1.807) is 13.2 Å². The second kappa shape index (κ2) is 7.77. The highest BCUT2D eigenvalue weighted by Crippen LogP contribution is 2.38. The number of hydrogen-bond donors (Lipinski definition) is 1. The SMILES string of the molecule is COc1cc2c(cc1OC1CC1)C=C(/C=C/C(=O)NCC(C)C)CC2. The van der Waals surface area contributed by atoms with Crippen molar-refractivity contribution in [2.45, 2.75) is 45.6 Å². The average Bonchev–Trinajstić information content (AvgIpc) is 3.41. The van der Waals surface area contributed by atoms with E-state index in [9.17, 15) is 4.79 Å². The molecule has 25 heavy (non-hydrogen) atoms. The average molecular weight is 341 g/mol. The molecule has 2 aliphatic rings. The van der Waals surface area contributed by atoms with E-state index < -0.39 is 0 Å². The number of carbonyl (C=O) groups excluding carboxylic acids is 1. The van der Waals surface area contributed by atoms with Crippen molar-refractivity contribution >= 4 is 12.0 Å². The van der Waals surface area contributed by atoms with E-state index >= 15 is 0 Å². The van der Waals surface area contributed by atoms with Gasteiger partial charge in [0, 0.05) is 12.6 Å². The summed E-state index contributed by atoms with van der Waals surface area (Å²) in [5.74, 6) is 2.05. The van der Waals surface area contributed by atoms with Crippen LogP contribution in [0, 0.1) is 5.92 Å². The molecule has 0 unspecified atom stereocenters. The maximum atomic E-state index is 11.8. The van der Waals surface area contributed by atoms with Crippen LogP contribution in [0.4, 0.5) is 0 Å². The van der Waals surface area contributed by atoms with Crippen molar-refractivity contribution in [2.24, 2.45) is 5.92 Å². The van der Waals surface area contributed by atoms with Gasteiger partial charge in [0.1, 0.15) is 0 Å². The molecule has 1 amide bonds. The first-order valence-electron chi connectivity index (χ1n) is 9.09. The van der Waals surface area contributed by atoms with Crippen LogP contribution in [0.1, 0.15) is 44.2 Å². The van der Waals surface area contributed by atoms with Crippen molar-refractivity contribution in [2.75, 3.05) is 13.7 Å². The Bertz CT molecular complexity index is 699. The van der Waals surface area contributed by atoms with Crippen LogP contribution in [0.5, 0.6) is 11.5 Å². The first-order valence-corrected chi connectivity index (χ1v) is 9.09. The maximum absolute atomic E-state index is 11.8. The number of benzene rings is 1. The van der Waals surface area contributed by atoms with Crippen molar-refractivity contribution < 1.29 is 14.3 Å². The number of amides is 1. The molecule has 0 radical (unpaired) electrons. The van der Waals surface area contributed by atoms with Crippen molar-refractivity contribution in [1.29, 1.82) is 0 Å². The standard InChI is InChI=1S/C21H27NO3/c1-14(2)13-22-21(23)9-5-15-4-6-16-11-19(24-3)20(12-17(16)10-15)25-18-7-8-18/h5,9-12,14,18H,4,6-8,13H2,1-3H3,(H,22,23)/b9-5+. The lowest BCUT2D eigenvalue weighted by atomic mass is 9.91. The molecule has 1 N–H and O–H groups in total. The summed E-state index contributed by atoms with van der Waals surface area (Å²) in [6.07, 6.45) is 10.1. The summed E-state index contributed by atoms with van der Waals surface area (Å²) in [6, 6.07) is 4.15. The second-order valence-corrected chi connectivity index (χ2v) is 7.21. The lowest BCUT2D eigenvalue weighted by Gasteiger charge is -2.18. The smallest absolute Gasteiger partial charge is 0.243 e. The van der Waals surface area contributed by atoms with Gasteiger partial charge >= 0.3 is 0 Å². The molecular formula is C21H27NO3. The molecule has 1 saturated carbocycles. The molecule has 0 saturated heterocycles. The summed E-state index contributed by atoms with van der Waals surface area (Å²) in [6.45, 7) is 4.87. The molecule has 1 aromatic rings. The highest BCUT2D eigenvalue weighted by molar-refractivity contribution is 5.88. The molecule has 0 aliphatic heterocycles. The molecule has 0 spiro atoms. The quantitative estimate of drug-likeness (QED) is 0.765.